The molecule has 25 heavy (non-hydrogen) atoms. The highest BCUT2D eigenvalue weighted by atomic mass is 79.9. The van der Waals surface area contributed by atoms with Gasteiger partial charge in [-0.1, -0.05) is 63.7 Å². The van der Waals surface area contributed by atoms with Crippen LogP contribution in [0.15, 0.2) is 45.8 Å². The summed E-state index contributed by atoms with van der Waals surface area (Å²) in [6.45, 7) is 4.61. The van der Waals surface area contributed by atoms with Gasteiger partial charge in [0, 0.05) is 10.0 Å². The lowest BCUT2D eigenvalue weighted by Crippen LogP contribution is -2.17. The molecule has 0 saturated carbocycles. The summed E-state index contributed by atoms with van der Waals surface area (Å²) in [5, 5.41) is 2.63. The molecule has 2 aromatic carbocycles. The molecule has 0 spiro atoms. The fraction of sp³-hybridized carbons (Fsp3) is 0.158. The Morgan fingerprint density at radius 1 is 1.24 bits per heavy atom. The molecule has 0 atom stereocenters. The van der Waals surface area contributed by atoms with Crippen LogP contribution in [-0.2, 0) is 11.4 Å². The van der Waals surface area contributed by atoms with E-state index in [-0.39, 0.29) is 5.91 Å². The molecule has 0 bridgehead atoms. The molecule has 1 saturated heterocycles. The molecule has 0 radical (unpaired) electrons. The fourth-order valence-electron chi connectivity index (χ4n) is 2.44. The third kappa shape index (κ3) is 4.51. The van der Waals surface area contributed by atoms with Crippen molar-refractivity contribution in [2.45, 2.75) is 20.5 Å². The minimum atomic E-state index is -0.171. The minimum Gasteiger partial charge on any atom is -0.488 e. The zero-order valence-electron chi connectivity index (χ0n) is 13.8. The van der Waals surface area contributed by atoms with E-state index in [1.54, 1.807) is 0 Å². The minimum absolute atomic E-state index is 0.171. The van der Waals surface area contributed by atoms with Crippen LogP contribution in [0.3, 0.4) is 0 Å². The molecule has 128 valence electrons. The summed E-state index contributed by atoms with van der Waals surface area (Å²) in [7, 11) is 0. The van der Waals surface area contributed by atoms with E-state index in [2.05, 4.69) is 53.3 Å². The van der Waals surface area contributed by atoms with Crippen LogP contribution in [0.4, 0.5) is 0 Å². The van der Waals surface area contributed by atoms with Crippen LogP contribution >= 0.6 is 39.9 Å². The largest absolute Gasteiger partial charge is 0.488 e. The lowest BCUT2D eigenvalue weighted by atomic mass is 10.1. The maximum atomic E-state index is 11.9. The van der Waals surface area contributed by atoms with Gasteiger partial charge in [0.05, 0.1) is 4.91 Å². The van der Waals surface area contributed by atoms with E-state index in [1.165, 1.54) is 22.9 Å². The first-order valence-corrected chi connectivity index (χ1v) is 9.67. The highest BCUT2D eigenvalue weighted by Gasteiger charge is 2.22. The summed E-state index contributed by atoms with van der Waals surface area (Å²) in [5.74, 6) is 0.554. The number of carbonyl (C=O) groups is 1. The molecule has 1 N–H and O–H groups in total. The number of thioether (sulfide) groups is 1. The normalized spacial score (nSPS) is 15.6. The van der Waals surface area contributed by atoms with Crippen LogP contribution < -0.4 is 10.1 Å². The van der Waals surface area contributed by atoms with Crippen molar-refractivity contribution in [2.24, 2.45) is 0 Å². The number of ether oxygens (including phenoxy) is 1. The van der Waals surface area contributed by atoms with Crippen molar-refractivity contribution < 1.29 is 9.53 Å². The lowest BCUT2D eigenvalue weighted by Gasteiger charge is -2.12. The van der Waals surface area contributed by atoms with Gasteiger partial charge in [-0.05, 0) is 49.2 Å². The van der Waals surface area contributed by atoms with Gasteiger partial charge in [-0.25, -0.2) is 0 Å². The molecule has 6 heteroatoms. The Hall–Kier alpha value is -1.63. The summed E-state index contributed by atoms with van der Waals surface area (Å²) in [6, 6.07) is 12.1. The number of aryl methyl sites for hydroxylation is 2. The Morgan fingerprint density at radius 3 is 2.76 bits per heavy atom. The van der Waals surface area contributed by atoms with Crippen LogP contribution in [0.2, 0.25) is 0 Å². The Morgan fingerprint density at radius 2 is 2.04 bits per heavy atom. The van der Waals surface area contributed by atoms with Crippen molar-refractivity contribution in [1.29, 1.82) is 0 Å². The lowest BCUT2D eigenvalue weighted by molar-refractivity contribution is -0.115. The quantitative estimate of drug-likeness (QED) is 0.535. The van der Waals surface area contributed by atoms with Gasteiger partial charge in [0.25, 0.3) is 5.91 Å². The summed E-state index contributed by atoms with van der Waals surface area (Å²) >= 11 is 9.77. The predicted octanol–water partition coefficient (Wildman–Crippen LogP) is 5.13. The average molecular weight is 434 g/mol. The average Bonchev–Trinajstić information content (AvgIpc) is 2.87. The van der Waals surface area contributed by atoms with Crippen LogP contribution in [0.5, 0.6) is 5.75 Å². The summed E-state index contributed by atoms with van der Waals surface area (Å²) < 4.78 is 7.44. The molecular weight excluding hydrogens is 418 g/mol. The standard InChI is InChI=1S/C19H16BrNO2S2/c1-11-3-4-12(2)14(7-11)10-23-16-6-5-15(20)8-13(16)9-17-18(22)21-19(24)25-17/h3-9H,10H2,1-2H3,(H,21,22,24)/b17-9+. The maximum absolute atomic E-state index is 11.9. The molecule has 1 aliphatic heterocycles. The van der Waals surface area contributed by atoms with Crippen molar-refractivity contribution in [3.05, 3.63) is 68.0 Å². The first-order chi connectivity index (χ1) is 11.9. The van der Waals surface area contributed by atoms with Gasteiger partial charge in [-0.2, -0.15) is 0 Å². The number of halogens is 1. The summed E-state index contributed by atoms with van der Waals surface area (Å²) in [4.78, 5) is 12.5. The molecule has 1 amide bonds. The molecule has 0 aliphatic carbocycles. The molecule has 2 aromatic rings. The van der Waals surface area contributed by atoms with Gasteiger partial charge in [0.15, 0.2) is 0 Å². The van der Waals surface area contributed by atoms with Crippen LogP contribution in [0.1, 0.15) is 22.3 Å². The second-order valence-corrected chi connectivity index (χ2v) is 8.39. The smallest absolute Gasteiger partial charge is 0.263 e. The molecule has 1 heterocycles. The fourth-order valence-corrected chi connectivity index (χ4v) is 3.85. The van der Waals surface area contributed by atoms with E-state index in [0.717, 1.165) is 21.3 Å². The van der Waals surface area contributed by atoms with Gasteiger partial charge in [0.1, 0.15) is 16.7 Å². The number of rotatable bonds is 4. The Labute approximate surface area is 165 Å². The van der Waals surface area contributed by atoms with Gasteiger partial charge >= 0.3 is 0 Å². The molecule has 1 aliphatic rings. The molecular formula is C19H16BrNO2S2. The topological polar surface area (TPSA) is 38.3 Å². The first kappa shape index (κ1) is 18.2. The molecule has 0 aromatic heterocycles. The van der Waals surface area contributed by atoms with Crippen molar-refractivity contribution in [3.63, 3.8) is 0 Å². The highest BCUT2D eigenvalue weighted by Crippen LogP contribution is 2.31. The number of thiocarbonyl (C=S) groups is 1. The predicted molar refractivity (Wildman–Crippen MR) is 111 cm³/mol. The number of carbonyl (C=O) groups excluding carboxylic acids is 1. The molecule has 1 fully saturated rings. The monoisotopic (exact) mass is 433 g/mol. The zero-order chi connectivity index (χ0) is 18.0. The van der Waals surface area contributed by atoms with E-state index in [4.69, 9.17) is 17.0 Å². The number of hydrogen-bond donors (Lipinski definition) is 1. The van der Waals surface area contributed by atoms with Crippen molar-refractivity contribution in [1.82, 2.24) is 5.32 Å². The summed E-state index contributed by atoms with van der Waals surface area (Å²) in [5.41, 5.74) is 4.38. The third-order valence-corrected chi connectivity index (χ3v) is 5.44. The number of hydrogen-bond acceptors (Lipinski definition) is 4. The molecule has 0 unspecified atom stereocenters. The first-order valence-electron chi connectivity index (χ1n) is 7.66. The number of benzene rings is 2. The van der Waals surface area contributed by atoms with Gasteiger partial charge < -0.3 is 10.1 Å². The van der Waals surface area contributed by atoms with Crippen LogP contribution in [0.25, 0.3) is 6.08 Å². The Balaban J connectivity index is 1.87. The second-order valence-electron chi connectivity index (χ2n) is 5.75. The SMILES string of the molecule is Cc1ccc(C)c(COc2ccc(Br)cc2/C=C2/SC(=S)NC2=O)c1. The van der Waals surface area contributed by atoms with Crippen molar-refractivity contribution in [3.8, 4) is 5.75 Å². The van der Waals surface area contributed by atoms with Gasteiger partial charge in [-0.3, -0.25) is 4.79 Å². The van der Waals surface area contributed by atoms with E-state index in [0.29, 0.717) is 15.8 Å². The summed E-state index contributed by atoms with van der Waals surface area (Å²) in [6.07, 6.45) is 1.81. The van der Waals surface area contributed by atoms with E-state index >= 15 is 0 Å². The highest BCUT2D eigenvalue weighted by molar-refractivity contribution is 9.10. The second kappa shape index (κ2) is 7.72. The Bertz CT molecular complexity index is 893. The Kier molecular flexibility index (Phi) is 5.61. The number of nitrogens with one attached hydrogen (secondary N) is 1. The van der Waals surface area contributed by atoms with Crippen molar-refractivity contribution >= 4 is 56.2 Å². The van der Waals surface area contributed by atoms with Gasteiger partial charge in [0.2, 0.25) is 0 Å². The van der Waals surface area contributed by atoms with E-state index in [1.807, 2.05) is 24.3 Å². The van der Waals surface area contributed by atoms with Crippen LogP contribution in [-0.4, -0.2) is 10.2 Å². The molecule has 3 rings (SSSR count). The zero-order valence-corrected chi connectivity index (χ0v) is 17.0. The maximum Gasteiger partial charge on any atom is 0.263 e. The van der Waals surface area contributed by atoms with Crippen LogP contribution in [0, 0.1) is 13.8 Å². The van der Waals surface area contributed by atoms with E-state index in [9.17, 15) is 4.79 Å². The van der Waals surface area contributed by atoms with E-state index < -0.39 is 0 Å². The van der Waals surface area contributed by atoms with Crippen molar-refractivity contribution in [2.75, 3.05) is 0 Å². The number of amides is 1. The van der Waals surface area contributed by atoms with Gasteiger partial charge in [-0.15, -0.1) is 0 Å². The third-order valence-electron chi connectivity index (χ3n) is 3.79. The molecule has 3 nitrogen and oxygen atoms in total.